The first kappa shape index (κ1) is 13.7. The standard InChI is InChI=1S/C15H17N5OS/c1-10-13(19-15(21-10)11-4-5-22-8-11)6-16-12-2-3-14-17-9-18-20(14)7-12/h4-5,8-9,12,16H,2-3,6-7H2,1H3/t12-/m0/s1. The quantitative estimate of drug-likeness (QED) is 0.800. The molecule has 3 aromatic heterocycles. The number of rotatable bonds is 4. The fourth-order valence-corrected chi connectivity index (χ4v) is 3.38. The summed E-state index contributed by atoms with van der Waals surface area (Å²) in [6.07, 6.45) is 3.68. The normalized spacial score (nSPS) is 17.6. The summed E-state index contributed by atoms with van der Waals surface area (Å²) in [6.45, 7) is 3.55. The number of thiophene rings is 1. The summed E-state index contributed by atoms with van der Waals surface area (Å²) < 4.78 is 7.75. The highest BCUT2D eigenvalue weighted by atomic mass is 32.1. The second kappa shape index (κ2) is 5.66. The largest absolute Gasteiger partial charge is 0.441 e. The Morgan fingerprint density at radius 3 is 3.32 bits per heavy atom. The van der Waals surface area contributed by atoms with Crippen molar-refractivity contribution >= 4 is 11.3 Å². The molecule has 1 atom stereocenters. The first-order chi connectivity index (χ1) is 10.8. The molecule has 0 saturated heterocycles. The van der Waals surface area contributed by atoms with Gasteiger partial charge in [0.2, 0.25) is 5.89 Å². The van der Waals surface area contributed by atoms with Crippen molar-refractivity contribution < 1.29 is 4.42 Å². The maximum atomic E-state index is 5.77. The molecule has 0 aliphatic carbocycles. The van der Waals surface area contributed by atoms with E-state index in [1.165, 1.54) is 0 Å². The van der Waals surface area contributed by atoms with Crippen LogP contribution in [0.15, 0.2) is 27.6 Å². The molecule has 1 aliphatic rings. The van der Waals surface area contributed by atoms with Crippen molar-refractivity contribution in [1.29, 1.82) is 0 Å². The van der Waals surface area contributed by atoms with Gasteiger partial charge in [0.05, 0.1) is 12.2 Å². The molecule has 4 rings (SSSR count). The molecule has 0 bridgehead atoms. The number of hydrogen-bond donors (Lipinski definition) is 1. The van der Waals surface area contributed by atoms with E-state index in [4.69, 9.17) is 4.42 Å². The smallest absolute Gasteiger partial charge is 0.227 e. The summed E-state index contributed by atoms with van der Waals surface area (Å²) in [6, 6.07) is 2.43. The molecule has 0 aromatic carbocycles. The van der Waals surface area contributed by atoms with E-state index in [-0.39, 0.29) is 0 Å². The van der Waals surface area contributed by atoms with E-state index < -0.39 is 0 Å². The summed E-state index contributed by atoms with van der Waals surface area (Å²) in [5.41, 5.74) is 2.02. The monoisotopic (exact) mass is 315 g/mol. The topological polar surface area (TPSA) is 68.8 Å². The third-order valence-corrected chi connectivity index (χ3v) is 4.71. The van der Waals surface area contributed by atoms with Crippen LogP contribution in [-0.2, 0) is 19.5 Å². The van der Waals surface area contributed by atoms with Crippen LogP contribution in [0, 0.1) is 6.92 Å². The highest BCUT2D eigenvalue weighted by molar-refractivity contribution is 7.08. The van der Waals surface area contributed by atoms with E-state index in [0.29, 0.717) is 18.5 Å². The number of oxazole rings is 1. The number of aryl methyl sites for hydroxylation is 2. The minimum atomic E-state index is 0.398. The number of nitrogens with one attached hydrogen (secondary N) is 1. The molecule has 4 heterocycles. The second-order valence-electron chi connectivity index (χ2n) is 5.51. The maximum absolute atomic E-state index is 5.77. The Morgan fingerprint density at radius 1 is 1.50 bits per heavy atom. The van der Waals surface area contributed by atoms with Gasteiger partial charge < -0.3 is 9.73 Å². The predicted molar refractivity (Wildman–Crippen MR) is 83.5 cm³/mol. The van der Waals surface area contributed by atoms with Gasteiger partial charge in [-0.05, 0) is 24.8 Å². The number of nitrogens with zero attached hydrogens (tertiary/aromatic N) is 4. The van der Waals surface area contributed by atoms with Crippen molar-refractivity contribution in [1.82, 2.24) is 25.1 Å². The SMILES string of the molecule is Cc1oc(-c2ccsc2)nc1CN[C@H]1CCc2ncnn2C1. The molecule has 114 valence electrons. The Labute approximate surface area is 132 Å². The van der Waals surface area contributed by atoms with Gasteiger partial charge in [-0.3, -0.25) is 0 Å². The molecule has 3 aromatic rings. The van der Waals surface area contributed by atoms with Crippen LogP contribution >= 0.6 is 11.3 Å². The molecular formula is C15H17N5OS. The molecule has 7 heteroatoms. The molecule has 0 amide bonds. The molecule has 6 nitrogen and oxygen atoms in total. The maximum Gasteiger partial charge on any atom is 0.227 e. The Kier molecular flexibility index (Phi) is 3.51. The minimum Gasteiger partial charge on any atom is -0.441 e. The van der Waals surface area contributed by atoms with Crippen LogP contribution in [0.4, 0.5) is 0 Å². The lowest BCUT2D eigenvalue weighted by molar-refractivity contribution is 0.356. The summed E-state index contributed by atoms with van der Waals surface area (Å²) in [5.74, 6) is 2.67. The van der Waals surface area contributed by atoms with Gasteiger partial charge in [0, 0.05) is 30.0 Å². The summed E-state index contributed by atoms with van der Waals surface area (Å²) in [7, 11) is 0. The lowest BCUT2D eigenvalue weighted by atomic mass is 10.1. The molecule has 1 N–H and O–H groups in total. The zero-order chi connectivity index (χ0) is 14.9. The Morgan fingerprint density at radius 2 is 2.45 bits per heavy atom. The van der Waals surface area contributed by atoms with Gasteiger partial charge in [-0.2, -0.15) is 16.4 Å². The zero-order valence-electron chi connectivity index (χ0n) is 12.3. The molecule has 0 saturated carbocycles. The number of aromatic nitrogens is 4. The molecular weight excluding hydrogens is 298 g/mol. The van der Waals surface area contributed by atoms with Gasteiger partial charge in [-0.25, -0.2) is 14.6 Å². The average Bonchev–Trinajstić information content (AvgIpc) is 3.25. The zero-order valence-corrected chi connectivity index (χ0v) is 13.1. The van der Waals surface area contributed by atoms with Crippen LogP contribution in [0.3, 0.4) is 0 Å². The van der Waals surface area contributed by atoms with Gasteiger partial charge >= 0.3 is 0 Å². The summed E-state index contributed by atoms with van der Waals surface area (Å²) in [5, 5.41) is 11.9. The molecule has 0 fully saturated rings. The summed E-state index contributed by atoms with van der Waals surface area (Å²) >= 11 is 1.65. The third-order valence-electron chi connectivity index (χ3n) is 4.02. The van der Waals surface area contributed by atoms with Crippen LogP contribution in [0.2, 0.25) is 0 Å². The van der Waals surface area contributed by atoms with E-state index in [9.17, 15) is 0 Å². The van der Waals surface area contributed by atoms with Gasteiger partial charge in [0.25, 0.3) is 0 Å². The van der Waals surface area contributed by atoms with Gasteiger partial charge in [-0.15, -0.1) is 0 Å². The highest BCUT2D eigenvalue weighted by Gasteiger charge is 2.20. The molecule has 1 aliphatic heterocycles. The minimum absolute atomic E-state index is 0.398. The molecule has 22 heavy (non-hydrogen) atoms. The molecule has 0 unspecified atom stereocenters. The van der Waals surface area contributed by atoms with Crippen LogP contribution in [0.25, 0.3) is 11.5 Å². The van der Waals surface area contributed by atoms with E-state index in [2.05, 4.69) is 25.8 Å². The molecule has 0 spiro atoms. The first-order valence-corrected chi connectivity index (χ1v) is 8.33. The van der Waals surface area contributed by atoms with Crippen molar-refractivity contribution in [3.63, 3.8) is 0 Å². The Hall–Kier alpha value is -1.99. The van der Waals surface area contributed by atoms with E-state index in [1.807, 2.05) is 23.1 Å². The summed E-state index contributed by atoms with van der Waals surface area (Å²) in [4.78, 5) is 8.87. The van der Waals surface area contributed by atoms with Crippen molar-refractivity contribution in [2.75, 3.05) is 0 Å². The van der Waals surface area contributed by atoms with Crippen molar-refractivity contribution in [2.24, 2.45) is 0 Å². The lowest BCUT2D eigenvalue weighted by Crippen LogP contribution is -2.37. The van der Waals surface area contributed by atoms with Gasteiger partial charge in [-0.1, -0.05) is 0 Å². The Balaban J connectivity index is 1.42. The third kappa shape index (κ3) is 2.57. The first-order valence-electron chi connectivity index (χ1n) is 7.38. The highest BCUT2D eigenvalue weighted by Crippen LogP contribution is 2.24. The van der Waals surface area contributed by atoms with E-state index >= 15 is 0 Å². The van der Waals surface area contributed by atoms with Gasteiger partial charge in [0.15, 0.2) is 0 Å². The average molecular weight is 315 g/mol. The number of hydrogen-bond acceptors (Lipinski definition) is 6. The van der Waals surface area contributed by atoms with Crippen LogP contribution in [0.1, 0.15) is 23.7 Å². The fourth-order valence-electron chi connectivity index (χ4n) is 2.75. The van der Waals surface area contributed by atoms with Crippen LogP contribution in [0.5, 0.6) is 0 Å². The van der Waals surface area contributed by atoms with Gasteiger partial charge in [0.1, 0.15) is 17.9 Å². The van der Waals surface area contributed by atoms with Crippen molar-refractivity contribution in [2.45, 2.75) is 38.9 Å². The number of fused-ring (bicyclic) bond motifs is 1. The molecule has 0 radical (unpaired) electrons. The van der Waals surface area contributed by atoms with E-state index in [0.717, 1.165) is 42.2 Å². The van der Waals surface area contributed by atoms with Crippen molar-refractivity contribution in [3.05, 3.63) is 40.4 Å². The van der Waals surface area contributed by atoms with E-state index in [1.54, 1.807) is 17.7 Å². The Bertz CT molecular complexity index is 761. The fraction of sp³-hybridized carbons (Fsp3) is 0.400. The lowest BCUT2D eigenvalue weighted by Gasteiger charge is -2.23. The predicted octanol–water partition coefficient (Wildman–Crippen LogP) is 2.41. The van der Waals surface area contributed by atoms with Crippen LogP contribution < -0.4 is 5.32 Å². The van der Waals surface area contributed by atoms with Crippen LogP contribution in [-0.4, -0.2) is 25.8 Å². The second-order valence-corrected chi connectivity index (χ2v) is 6.29. The van der Waals surface area contributed by atoms with Crippen molar-refractivity contribution in [3.8, 4) is 11.5 Å².